The van der Waals surface area contributed by atoms with E-state index >= 15 is 0 Å². The van der Waals surface area contributed by atoms with Gasteiger partial charge in [-0.25, -0.2) is 0 Å². The van der Waals surface area contributed by atoms with E-state index in [2.05, 4.69) is 24.0 Å². The Kier molecular flexibility index (Phi) is 3.75. The quantitative estimate of drug-likeness (QED) is 0.864. The average molecular weight is 330 g/mol. The molecular weight excluding hydrogens is 304 g/mol. The van der Waals surface area contributed by atoms with Crippen LogP contribution in [0.4, 0.5) is 0 Å². The molecule has 6 nitrogen and oxygen atoms in total. The van der Waals surface area contributed by atoms with Crippen LogP contribution in [0, 0.1) is 13.8 Å². The Labute approximate surface area is 141 Å². The van der Waals surface area contributed by atoms with Crippen LogP contribution in [0.15, 0.2) is 4.79 Å². The third-order valence-corrected chi connectivity index (χ3v) is 6.03. The summed E-state index contributed by atoms with van der Waals surface area (Å²) in [6.07, 6.45) is 6.77. The second kappa shape index (κ2) is 5.69. The predicted octanol–water partition coefficient (Wildman–Crippen LogP) is 2.52. The summed E-state index contributed by atoms with van der Waals surface area (Å²) in [5.41, 5.74) is 2.61. The fourth-order valence-corrected chi connectivity index (χ4v) is 3.98. The lowest BCUT2D eigenvalue weighted by Crippen LogP contribution is -2.34. The molecule has 6 heteroatoms. The first-order valence-electron chi connectivity index (χ1n) is 9.14. The van der Waals surface area contributed by atoms with Crippen LogP contribution in [0.25, 0.3) is 5.65 Å². The highest BCUT2D eigenvalue weighted by molar-refractivity contribution is 5.42. The topological polar surface area (TPSA) is 61.4 Å². The molecule has 0 spiro atoms. The number of aryl methyl sites for hydroxylation is 1. The van der Waals surface area contributed by atoms with Crippen LogP contribution in [-0.4, -0.2) is 31.9 Å². The fraction of sp³-hybridized carbons (Fsp3) is 0.722. The monoisotopic (exact) mass is 330 g/mol. The van der Waals surface area contributed by atoms with Gasteiger partial charge in [-0.3, -0.25) is 9.20 Å². The Bertz CT molecular complexity index is 826. The molecule has 3 heterocycles. The zero-order valence-electron chi connectivity index (χ0n) is 14.8. The molecule has 1 aliphatic heterocycles. The molecule has 1 aliphatic carbocycles. The van der Waals surface area contributed by atoms with Gasteiger partial charge in [0.1, 0.15) is 5.82 Å². The molecule has 24 heavy (non-hydrogen) atoms. The Morgan fingerprint density at radius 2 is 2.00 bits per heavy atom. The van der Waals surface area contributed by atoms with Crippen molar-refractivity contribution in [3.8, 4) is 0 Å². The largest absolute Gasteiger partial charge is 0.376 e. The maximum absolute atomic E-state index is 13.0. The first-order chi connectivity index (χ1) is 11.6. The lowest BCUT2D eigenvalue weighted by atomic mass is 10.0. The summed E-state index contributed by atoms with van der Waals surface area (Å²) in [7, 11) is 0. The molecule has 2 aromatic heterocycles. The SMILES string of the molecule is CCC1(c2nnc3c(=O)n(CC4CCCCO4)c(C)c(C)n23)CC1. The van der Waals surface area contributed by atoms with E-state index in [9.17, 15) is 4.79 Å². The van der Waals surface area contributed by atoms with Crippen molar-refractivity contribution in [1.29, 1.82) is 0 Å². The standard InChI is InChI=1S/C18H26N4O2/c1-4-18(8-9-18)17-20-19-15-16(23)21(12(2)13(3)22(15)17)11-14-7-5-6-10-24-14/h14H,4-11H2,1-3H3. The molecule has 1 saturated heterocycles. The van der Waals surface area contributed by atoms with Gasteiger partial charge in [0.15, 0.2) is 0 Å². The molecule has 0 radical (unpaired) electrons. The summed E-state index contributed by atoms with van der Waals surface area (Å²) in [6.45, 7) is 7.70. The van der Waals surface area contributed by atoms with Crippen LogP contribution in [0.2, 0.25) is 0 Å². The maximum Gasteiger partial charge on any atom is 0.296 e. The van der Waals surface area contributed by atoms with E-state index in [4.69, 9.17) is 4.74 Å². The van der Waals surface area contributed by atoms with E-state index in [1.165, 1.54) is 6.42 Å². The molecule has 2 aromatic rings. The predicted molar refractivity (Wildman–Crippen MR) is 91.5 cm³/mol. The van der Waals surface area contributed by atoms with Gasteiger partial charge in [0.25, 0.3) is 5.56 Å². The van der Waals surface area contributed by atoms with Crippen molar-refractivity contribution in [1.82, 2.24) is 19.2 Å². The van der Waals surface area contributed by atoms with E-state index in [1.54, 1.807) is 0 Å². The minimum Gasteiger partial charge on any atom is -0.376 e. The Balaban J connectivity index is 1.81. The maximum atomic E-state index is 13.0. The molecule has 2 aliphatic rings. The van der Waals surface area contributed by atoms with E-state index in [0.717, 1.165) is 55.9 Å². The van der Waals surface area contributed by atoms with Crippen LogP contribution in [-0.2, 0) is 16.7 Å². The number of nitrogens with zero attached hydrogens (tertiary/aromatic N) is 4. The average Bonchev–Trinajstić information content (AvgIpc) is 3.28. The molecule has 2 fully saturated rings. The summed E-state index contributed by atoms with van der Waals surface area (Å²) < 4.78 is 9.67. The van der Waals surface area contributed by atoms with E-state index in [-0.39, 0.29) is 17.1 Å². The molecule has 4 rings (SSSR count). The molecule has 0 bridgehead atoms. The number of aromatic nitrogens is 4. The normalized spacial score (nSPS) is 22.9. The zero-order valence-corrected chi connectivity index (χ0v) is 14.8. The van der Waals surface area contributed by atoms with Gasteiger partial charge in [0.05, 0.1) is 12.6 Å². The second-order valence-corrected chi connectivity index (χ2v) is 7.39. The summed E-state index contributed by atoms with van der Waals surface area (Å²) in [6, 6.07) is 0. The van der Waals surface area contributed by atoms with Gasteiger partial charge in [-0.15, -0.1) is 10.2 Å². The van der Waals surface area contributed by atoms with E-state index in [0.29, 0.717) is 12.2 Å². The Morgan fingerprint density at radius 3 is 2.62 bits per heavy atom. The molecule has 130 valence electrons. The van der Waals surface area contributed by atoms with Crippen molar-refractivity contribution in [2.24, 2.45) is 0 Å². The first kappa shape index (κ1) is 15.8. The highest BCUT2D eigenvalue weighted by Crippen LogP contribution is 2.50. The van der Waals surface area contributed by atoms with Crippen LogP contribution >= 0.6 is 0 Å². The van der Waals surface area contributed by atoms with Crippen LogP contribution in [0.5, 0.6) is 0 Å². The third kappa shape index (κ3) is 2.31. The third-order valence-electron chi connectivity index (χ3n) is 6.03. The van der Waals surface area contributed by atoms with Crippen LogP contribution in [0.1, 0.15) is 62.7 Å². The van der Waals surface area contributed by atoms with E-state index in [1.807, 2.05) is 15.9 Å². The van der Waals surface area contributed by atoms with Gasteiger partial charge in [-0.05, 0) is 52.4 Å². The van der Waals surface area contributed by atoms with Gasteiger partial charge in [0, 0.05) is 23.4 Å². The summed E-state index contributed by atoms with van der Waals surface area (Å²) in [5, 5.41) is 8.69. The minimum atomic E-state index is -0.0436. The summed E-state index contributed by atoms with van der Waals surface area (Å²) in [4.78, 5) is 13.0. The summed E-state index contributed by atoms with van der Waals surface area (Å²) >= 11 is 0. The van der Waals surface area contributed by atoms with Gasteiger partial charge in [-0.1, -0.05) is 6.92 Å². The molecule has 1 atom stereocenters. The zero-order chi connectivity index (χ0) is 16.9. The van der Waals surface area contributed by atoms with Crippen molar-refractivity contribution in [2.75, 3.05) is 6.61 Å². The minimum absolute atomic E-state index is 0.0436. The molecule has 1 unspecified atom stereocenters. The molecule has 1 saturated carbocycles. The Hall–Kier alpha value is -1.69. The van der Waals surface area contributed by atoms with Gasteiger partial charge < -0.3 is 9.30 Å². The van der Waals surface area contributed by atoms with Crippen molar-refractivity contribution in [3.05, 3.63) is 27.6 Å². The number of rotatable bonds is 4. The smallest absolute Gasteiger partial charge is 0.296 e. The second-order valence-electron chi connectivity index (χ2n) is 7.39. The van der Waals surface area contributed by atoms with Crippen molar-refractivity contribution in [3.63, 3.8) is 0 Å². The van der Waals surface area contributed by atoms with E-state index < -0.39 is 0 Å². The van der Waals surface area contributed by atoms with Crippen molar-refractivity contribution < 1.29 is 4.74 Å². The summed E-state index contributed by atoms with van der Waals surface area (Å²) in [5.74, 6) is 0.971. The van der Waals surface area contributed by atoms with Gasteiger partial charge >= 0.3 is 0 Å². The lowest BCUT2D eigenvalue weighted by Gasteiger charge is -2.25. The fourth-order valence-electron chi connectivity index (χ4n) is 3.98. The van der Waals surface area contributed by atoms with Crippen LogP contribution < -0.4 is 5.56 Å². The first-order valence-corrected chi connectivity index (χ1v) is 9.14. The number of hydrogen-bond donors (Lipinski definition) is 0. The van der Waals surface area contributed by atoms with Gasteiger partial charge in [-0.2, -0.15) is 0 Å². The number of fused-ring (bicyclic) bond motifs is 1. The highest BCUT2D eigenvalue weighted by atomic mass is 16.5. The van der Waals surface area contributed by atoms with Crippen LogP contribution in [0.3, 0.4) is 0 Å². The number of ether oxygens (including phenoxy) is 1. The molecule has 0 N–H and O–H groups in total. The van der Waals surface area contributed by atoms with Crippen molar-refractivity contribution in [2.45, 2.75) is 77.4 Å². The van der Waals surface area contributed by atoms with Crippen molar-refractivity contribution >= 4 is 5.65 Å². The van der Waals surface area contributed by atoms with Gasteiger partial charge in [0.2, 0.25) is 5.65 Å². The Morgan fingerprint density at radius 1 is 1.21 bits per heavy atom. The molecular formula is C18H26N4O2. The number of hydrogen-bond acceptors (Lipinski definition) is 4. The molecule has 0 amide bonds. The lowest BCUT2D eigenvalue weighted by molar-refractivity contribution is 0.00509. The highest BCUT2D eigenvalue weighted by Gasteiger charge is 2.47. The molecule has 0 aromatic carbocycles.